The number of hydrogen-bond donors (Lipinski definition) is 3. The Morgan fingerprint density at radius 1 is 1.19 bits per heavy atom. The first kappa shape index (κ1) is 16.8. The number of nitrogens with two attached hydrogens (primary N) is 1. The SMILES string of the molecule is Nc1c(C(=O)O)sc2nccc(N3CCC(O)(c4ccccc4)CC3)c12. The van der Waals surface area contributed by atoms with Crippen molar-refractivity contribution in [2.45, 2.75) is 18.4 Å². The molecule has 1 saturated heterocycles. The number of thiophene rings is 1. The van der Waals surface area contributed by atoms with Crippen molar-refractivity contribution in [1.29, 1.82) is 0 Å². The fourth-order valence-electron chi connectivity index (χ4n) is 3.61. The van der Waals surface area contributed by atoms with E-state index in [9.17, 15) is 15.0 Å². The Morgan fingerprint density at radius 2 is 1.88 bits per heavy atom. The predicted molar refractivity (Wildman–Crippen MR) is 103 cm³/mol. The van der Waals surface area contributed by atoms with Crippen molar-refractivity contribution in [3.63, 3.8) is 0 Å². The zero-order valence-corrected chi connectivity index (χ0v) is 14.9. The summed E-state index contributed by atoms with van der Waals surface area (Å²) in [5, 5.41) is 21.0. The Kier molecular flexibility index (Phi) is 4.05. The van der Waals surface area contributed by atoms with Crippen LogP contribution in [-0.2, 0) is 5.60 Å². The molecule has 1 aliphatic rings. The fraction of sp³-hybridized carbons (Fsp3) is 0.263. The predicted octanol–water partition coefficient (Wildman–Crippen LogP) is 3.06. The summed E-state index contributed by atoms with van der Waals surface area (Å²) in [4.78, 5) is 18.6. The van der Waals surface area contributed by atoms with Gasteiger partial charge in [0.2, 0.25) is 0 Å². The summed E-state index contributed by atoms with van der Waals surface area (Å²) >= 11 is 1.10. The van der Waals surface area contributed by atoms with Crippen LogP contribution in [0.25, 0.3) is 10.2 Å². The van der Waals surface area contributed by atoms with Crippen molar-refractivity contribution in [3.05, 3.63) is 53.0 Å². The van der Waals surface area contributed by atoms with E-state index in [0.29, 0.717) is 36.1 Å². The second kappa shape index (κ2) is 6.26. The topological polar surface area (TPSA) is 99.7 Å². The second-order valence-electron chi connectivity index (χ2n) is 6.54. The molecule has 4 rings (SSSR count). The van der Waals surface area contributed by atoms with Crippen LogP contribution >= 0.6 is 11.3 Å². The summed E-state index contributed by atoms with van der Waals surface area (Å²) in [6.45, 7) is 1.31. The lowest BCUT2D eigenvalue weighted by Crippen LogP contribution is -2.42. The Bertz CT molecular complexity index is 963. The van der Waals surface area contributed by atoms with Gasteiger partial charge < -0.3 is 20.8 Å². The lowest BCUT2D eigenvalue weighted by atomic mass is 9.84. The maximum Gasteiger partial charge on any atom is 0.348 e. The van der Waals surface area contributed by atoms with Gasteiger partial charge in [0.05, 0.1) is 22.4 Å². The Balaban J connectivity index is 1.65. The molecule has 0 spiro atoms. The molecule has 7 heteroatoms. The number of aliphatic hydroxyl groups is 1. The van der Waals surface area contributed by atoms with Gasteiger partial charge in [0.1, 0.15) is 9.71 Å². The van der Waals surface area contributed by atoms with Gasteiger partial charge in [-0.2, -0.15) is 0 Å². The van der Waals surface area contributed by atoms with Crippen LogP contribution in [0, 0.1) is 0 Å². The summed E-state index contributed by atoms with van der Waals surface area (Å²) in [6.07, 6.45) is 2.87. The third kappa shape index (κ3) is 2.69. The number of anilines is 2. The summed E-state index contributed by atoms with van der Waals surface area (Å²) in [5.41, 5.74) is 7.35. The lowest BCUT2D eigenvalue weighted by Gasteiger charge is -2.39. The van der Waals surface area contributed by atoms with Crippen molar-refractivity contribution < 1.29 is 15.0 Å². The third-order valence-electron chi connectivity index (χ3n) is 5.04. The Labute approximate surface area is 154 Å². The molecule has 4 N–H and O–H groups in total. The van der Waals surface area contributed by atoms with Gasteiger partial charge in [0, 0.05) is 19.3 Å². The minimum Gasteiger partial charge on any atom is -0.477 e. The number of piperidine rings is 1. The summed E-state index contributed by atoms with van der Waals surface area (Å²) in [6, 6.07) is 11.6. The van der Waals surface area contributed by atoms with Gasteiger partial charge in [-0.1, -0.05) is 30.3 Å². The first-order valence-corrected chi connectivity index (χ1v) is 9.24. The van der Waals surface area contributed by atoms with Gasteiger partial charge in [-0.15, -0.1) is 11.3 Å². The maximum atomic E-state index is 11.4. The standard InChI is InChI=1S/C19H19N3O3S/c20-15-14-13(6-9-21-17(14)26-16(15)18(23)24)22-10-7-19(25,8-11-22)12-4-2-1-3-5-12/h1-6,9,25H,7-8,10-11,20H2,(H,23,24). The molecule has 0 bridgehead atoms. The number of nitrogen functional groups attached to an aromatic ring is 1. The summed E-state index contributed by atoms with van der Waals surface area (Å²) in [7, 11) is 0. The van der Waals surface area contributed by atoms with E-state index >= 15 is 0 Å². The number of fused-ring (bicyclic) bond motifs is 1. The van der Waals surface area contributed by atoms with Crippen LogP contribution in [0.15, 0.2) is 42.6 Å². The van der Waals surface area contributed by atoms with E-state index in [2.05, 4.69) is 9.88 Å². The first-order valence-electron chi connectivity index (χ1n) is 8.43. The monoisotopic (exact) mass is 369 g/mol. The van der Waals surface area contributed by atoms with E-state index in [-0.39, 0.29) is 10.6 Å². The largest absolute Gasteiger partial charge is 0.477 e. The van der Waals surface area contributed by atoms with Crippen LogP contribution in [0.2, 0.25) is 0 Å². The first-order chi connectivity index (χ1) is 12.5. The van der Waals surface area contributed by atoms with Gasteiger partial charge in [-0.05, 0) is 24.5 Å². The van der Waals surface area contributed by atoms with Crippen LogP contribution in [0.3, 0.4) is 0 Å². The molecule has 0 atom stereocenters. The lowest BCUT2D eigenvalue weighted by molar-refractivity contribution is 0.0118. The molecule has 2 aromatic heterocycles. The quantitative estimate of drug-likeness (QED) is 0.656. The molecule has 0 saturated carbocycles. The van der Waals surface area contributed by atoms with Gasteiger partial charge >= 0.3 is 5.97 Å². The smallest absolute Gasteiger partial charge is 0.348 e. The number of carboxylic acid groups (broad SMARTS) is 1. The minimum atomic E-state index is -1.03. The maximum absolute atomic E-state index is 11.4. The van der Waals surface area contributed by atoms with Crippen LogP contribution in [0.5, 0.6) is 0 Å². The van der Waals surface area contributed by atoms with E-state index < -0.39 is 11.6 Å². The van der Waals surface area contributed by atoms with Crippen molar-refractivity contribution in [2.24, 2.45) is 0 Å². The van der Waals surface area contributed by atoms with E-state index in [1.54, 1.807) is 6.20 Å². The number of hydrogen-bond acceptors (Lipinski definition) is 6. The molecule has 3 heterocycles. The average molecular weight is 369 g/mol. The van der Waals surface area contributed by atoms with Gasteiger partial charge in [-0.25, -0.2) is 9.78 Å². The molecule has 26 heavy (non-hydrogen) atoms. The van der Waals surface area contributed by atoms with Gasteiger partial charge in [0.25, 0.3) is 0 Å². The van der Waals surface area contributed by atoms with Crippen molar-refractivity contribution >= 4 is 38.9 Å². The zero-order valence-electron chi connectivity index (χ0n) is 14.1. The van der Waals surface area contributed by atoms with E-state index in [1.807, 2.05) is 36.4 Å². The number of benzene rings is 1. The molecule has 1 aliphatic heterocycles. The molecular formula is C19H19N3O3S. The van der Waals surface area contributed by atoms with Crippen LogP contribution in [-0.4, -0.2) is 34.3 Å². The molecule has 0 radical (unpaired) electrons. The van der Waals surface area contributed by atoms with Crippen LogP contribution in [0.1, 0.15) is 28.1 Å². The molecule has 3 aromatic rings. The molecule has 0 unspecified atom stereocenters. The highest BCUT2D eigenvalue weighted by Gasteiger charge is 2.34. The number of aromatic nitrogens is 1. The number of carbonyl (C=O) groups is 1. The third-order valence-corrected chi connectivity index (χ3v) is 6.15. The van der Waals surface area contributed by atoms with Crippen molar-refractivity contribution in [2.75, 3.05) is 23.7 Å². The molecule has 0 aliphatic carbocycles. The van der Waals surface area contributed by atoms with E-state index in [0.717, 1.165) is 22.6 Å². The molecule has 134 valence electrons. The van der Waals surface area contributed by atoms with Crippen molar-refractivity contribution in [3.8, 4) is 0 Å². The number of carboxylic acids is 1. The number of pyridine rings is 1. The van der Waals surface area contributed by atoms with E-state index in [1.165, 1.54) is 0 Å². The second-order valence-corrected chi connectivity index (χ2v) is 7.54. The Morgan fingerprint density at radius 3 is 2.54 bits per heavy atom. The molecule has 6 nitrogen and oxygen atoms in total. The van der Waals surface area contributed by atoms with Gasteiger partial charge in [-0.3, -0.25) is 0 Å². The number of nitrogens with zero attached hydrogens (tertiary/aromatic N) is 2. The summed E-state index contributed by atoms with van der Waals surface area (Å²) < 4.78 is 0. The highest BCUT2D eigenvalue weighted by Crippen LogP contribution is 2.41. The number of rotatable bonds is 3. The molecule has 0 amide bonds. The average Bonchev–Trinajstić information content (AvgIpc) is 3.00. The van der Waals surface area contributed by atoms with Crippen LogP contribution < -0.4 is 10.6 Å². The van der Waals surface area contributed by atoms with E-state index in [4.69, 9.17) is 5.73 Å². The van der Waals surface area contributed by atoms with Crippen molar-refractivity contribution in [1.82, 2.24) is 4.98 Å². The minimum absolute atomic E-state index is 0.123. The fourth-order valence-corrected chi connectivity index (χ4v) is 4.53. The highest BCUT2D eigenvalue weighted by molar-refractivity contribution is 7.21. The summed E-state index contributed by atoms with van der Waals surface area (Å²) in [5.74, 6) is -1.03. The normalized spacial score (nSPS) is 16.7. The van der Waals surface area contributed by atoms with Crippen LogP contribution in [0.4, 0.5) is 11.4 Å². The molecule has 1 aromatic carbocycles. The Hall–Kier alpha value is -2.64. The highest BCUT2D eigenvalue weighted by atomic mass is 32.1. The molecular weight excluding hydrogens is 350 g/mol. The molecule has 1 fully saturated rings. The van der Waals surface area contributed by atoms with Gasteiger partial charge in [0.15, 0.2) is 0 Å². The number of aromatic carboxylic acids is 1. The zero-order chi connectivity index (χ0) is 18.3.